The first-order valence-corrected chi connectivity index (χ1v) is 11.4. The number of carbonyl (C=O) groups is 3. The van der Waals surface area contributed by atoms with Gasteiger partial charge in [-0.05, 0) is 57.4 Å². The number of fused-ring (bicyclic) bond motifs is 3. The number of rotatable bonds is 6. The summed E-state index contributed by atoms with van der Waals surface area (Å²) in [6, 6.07) is 8.30. The SMILES string of the molecule is CCOC(=O)[C@H](CCc1ccccc1)N1C(=O)[C@@H]2C[C@@H]3CCCC[C@H]3N2C(=O)[C@@H]1C. The largest absolute Gasteiger partial charge is 0.464 e. The van der Waals surface area contributed by atoms with Crippen molar-refractivity contribution in [2.75, 3.05) is 6.61 Å². The topological polar surface area (TPSA) is 66.9 Å². The molecule has 0 N–H and O–H groups in total. The van der Waals surface area contributed by atoms with Crippen LogP contribution in [0.15, 0.2) is 30.3 Å². The molecule has 6 nitrogen and oxygen atoms in total. The third-order valence-electron chi connectivity index (χ3n) is 7.10. The monoisotopic (exact) mass is 412 g/mol. The molecule has 3 aliphatic rings. The van der Waals surface area contributed by atoms with E-state index in [2.05, 4.69) is 0 Å². The van der Waals surface area contributed by atoms with Crippen LogP contribution in [0.2, 0.25) is 0 Å². The van der Waals surface area contributed by atoms with Gasteiger partial charge in [0.2, 0.25) is 11.8 Å². The van der Waals surface area contributed by atoms with Gasteiger partial charge in [-0.15, -0.1) is 0 Å². The summed E-state index contributed by atoms with van der Waals surface area (Å²) in [6.07, 6.45) is 6.19. The van der Waals surface area contributed by atoms with Gasteiger partial charge in [0, 0.05) is 6.04 Å². The number of piperazine rings is 1. The Balaban J connectivity index is 1.58. The average Bonchev–Trinajstić information content (AvgIpc) is 3.15. The number of hydrogen-bond donors (Lipinski definition) is 0. The number of esters is 1. The number of ether oxygens (including phenoxy) is 1. The molecule has 162 valence electrons. The van der Waals surface area contributed by atoms with Gasteiger partial charge in [0.05, 0.1) is 6.61 Å². The molecule has 0 aromatic heterocycles. The van der Waals surface area contributed by atoms with E-state index in [1.54, 1.807) is 18.7 Å². The lowest BCUT2D eigenvalue weighted by Crippen LogP contribution is -2.67. The third-order valence-corrected chi connectivity index (χ3v) is 7.10. The molecule has 2 saturated heterocycles. The number of aryl methyl sites for hydroxylation is 1. The molecule has 2 heterocycles. The van der Waals surface area contributed by atoms with Crippen LogP contribution < -0.4 is 0 Å². The molecule has 1 aromatic rings. The molecule has 0 unspecified atom stereocenters. The summed E-state index contributed by atoms with van der Waals surface area (Å²) in [7, 11) is 0. The summed E-state index contributed by atoms with van der Waals surface area (Å²) in [5, 5.41) is 0. The van der Waals surface area contributed by atoms with Crippen LogP contribution >= 0.6 is 0 Å². The van der Waals surface area contributed by atoms with Crippen LogP contribution in [0.3, 0.4) is 0 Å². The summed E-state index contributed by atoms with van der Waals surface area (Å²) < 4.78 is 5.33. The van der Waals surface area contributed by atoms with Crippen LogP contribution in [0.5, 0.6) is 0 Å². The van der Waals surface area contributed by atoms with Crippen LogP contribution in [-0.4, -0.2) is 58.4 Å². The molecular formula is C24H32N2O4. The van der Waals surface area contributed by atoms with Gasteiger partial charge in [0.15, 0.2) is 0 Å². The Kier molecular flexibility index (Phi) is 6.11. The average molecular weight is 413 g/mol. The van der Waals surface area contributed by atoms with Crippen molar-refractivity contribution in [2.24, 2.45) is 5.92 Å². The maximum atomic E-state index is 13.6. The Labute approximate surface area is 178 Å². The molecule has 2 aliphatic heterocycles. The van der Waals surface area contributed by atoms with Gasteiger partial charge in [0.25, 0.3) is 0 Å². The highest BCUT2D eigenvalue weighted by atomic mass is 16.5. The van der Waals surface area contributed by atoms with Gasteiger partial charge in [-0.2, -0.15) is 0 Å². The zero-order valence-corrected chi connectivity index (χ0v) is 18.0. The van der Waals surface area contributed by atoms with Crippen LogP contribution in [0.1, 0.15) is 57.9 Å². The fourth-order valence-corrected chi connectivity index (χ4v) is 5.68. The maximum Gasteiger partial charge on any atom is 0.328 e. The minimum absolute atomic E-state index is 0.0111. The molecule has 1 aromatic carbocycles. The molecule has 1 saturated carbocycles. The molecule has 4 rings (SSSR count). The van der Waals surface area contributed by atoms with E-state index < -0.39 is 24.1 Å². The Bertz CT molecular complexity index is 796. The highest BCUT2D eigenvalue weighted by Gasteiger charge is 2.55. The van der Waals surface area contributed by atoms with E-state index in [1.165, 1.54) is 6.42 Å². The van der Waals surface area contributed by atoms with Crippen molar-refractivity contribution in [1.29, 1.82) is 0 Å². The second-order valence-electron chi connectivity index (χ2n) is 8.82. The lowest BCUT2D eigenvalue weighted by atomic mass is 9.85. The second-order valence-corrected chi connectivity index (χ2v) is 8.82. The van der Waals surface area contributed by atoms with Crippen molar-refractivity contribution in [2.45, 2.75) is 83.0 Å². The number of carbonyl (C=O) groups excluding carboxylic acids is 3. The fraction of sp³-hybridized carbons (Fsp3) is 0.625. The van der Waals surface area contributed by atoms with E-state index in [-0.39, 0.29) is 24.5 Å². The minimum Gasteiger partial charge on any atom is -0.464 e. The van der Waals surface area contributed by atoms with E-state index in [9.17, 15) is 14.4 Å². The van der Waals surface area contributed by atoms with Gasteiger partial charge in [-0.1, -0.05) is 43.2 Å². The quantitative estimate of drug-likeness (QED) is 0.674. The first-order chi connectivity index (χ1) is 14.5. The predicted molar refractivity (Wildman–Crippen MR) is 112 cm³/mol. The van der Waals surface area contributed by atoms with Gasteiger partial charge in [-0.25, -0.2) is 4.79 Å². The summed E-state index contributed by atoms with van der Waals surface area (Å²) in [5.74, 6) is -0.0925. The second kappa shape index (κ2) is 8.78. The predicted octanol–water partition coefficient (Wildman–Crippen LogP) is 2.94. The number of amides is 2. The Morgan fingerprint density at radius 1 is 1.13 bits per heavy atom. The molecule has 5 atom stereocenters. The van der Waals surface area contributed by atoms with Crippen LogP contribution in [0, 0.1) is 5.92 Å². The summed E-state index contributed by atoms with van der Waals surface area (Å²) >= 11 is 0. The van der Waals surface area contributed by atoms with E-state index in [0.29, 0.717) is 18.8 Å². The maximum absolute atomic E-state index is 13.6. The molecule has 0 bridgehead atoms. The fourth-order valence-electron chi connectivity index (χ4n) is 5.68. The highest BCUT2D eigenvalue weighted by molar-refractivity contribution is 5.99. The molecule has 1 aliphatic carbocycles. The molecule has 2 amide bonds. The standard InChI is InChI=1S/C24H32N2O4/c1-3-30-24(29)20(14-13-17-9-5-4-6-10-17)25-16(2)22(27)26-19-12-8-7-11-18(19)15-21(26)23(25)28/h4-6,9-10,16,18-21H,3,7-8,11-15H2,1-2H3/t16-,18-,19+,20-,21-/m0/s1. The van der Waals surface area contributed by atoms with Crippen molar-refractivity contribution in [3.05, 3.63) is 35.9 Å². The van der Waals surface area contributed by atoms with Crippen molar-refractivity contribution in [3.8, 4) is 0 Å². The molecule has 6 heteroatoms. The summed E-state index contributed by atoms with van der Waals surface area (Å²) in [6.45, 7) is 3.79. The van der Waals surface area contributed by atoms with Crippen LogP contribution in [-0.2, 0) is 25.5 Å². The van der Waals surface area contributed by atoms with Crippen molar-refractivity contribution in [3.63, 3.8) is 0 Å². The Hall–Kier alpha value is -2.37. The molecule has 30 heavy (non-hydrogen) atoms. The Morgan fingerprint density at radius 2 is 1.87 bits per heavy atom. The van der Waals surface area contributed by atoms with Crippen LogP contribution in [0.4, 0.5) is 0 Å². The minimum atomic E-state index is -0.735. The first-order valence-electron chi connectivity index (χ1n) is 11.4. The number of nitrogens with zero attached hydrogens (tertiary/aromatic N) is 2. The lowest BCUT2D eigenvalue weighted by molar-refractivity contribution is -0.170. The summed E-state index contributed by atoms with van der Waals surface area (Å²) in [4.78, 5) is 43.2. The van der Waals surface area contributed by atoms with Crippen LogP contribution in [0.25, 0.3) is 0 Å². The zero-order chi connectivity index (χ0) is 21.3. The van der Waals surface area contributed by atoms with Gasteiger partial charge in [-0.3, -0.25) is 9.59 Å². The first kappa shape index (κ1) is 20.9. The van der Waals surface area contributed by atoms with Gasteiger partial charge < -0.3 is 14.5 Å². The normalized spacial score (nSPS) is 29.4. The molecule has 0 spiro atoms. The summed E-state index contributed by atoms with van der Waals surface area (Å²) in [5.41, 5.74) is 1.10. The van der Waals surface area contributed by atoms with E-state index in [4.69, 9.17) is 4.74 Å². The zero-order valence-electron chi connectivity index (χ0n) is 18.0. The Morgan fingerprint density at radius 3 is 2.60 bits per heavy atom. The third kappa shape index (κ3) is 3.72. The van der Waals surface area contributed by atoms with E-state index in [1.807, 2.05) is 35.2 Å². The highest BCUT2D eigenvalue weighted by Crippen LogP contribution is 2.43. The molecular weight excluding hydrogens is 380 g/mol. The lowest BCUT2D eigenvalue weighted by Gasteiger charge is -2.46. The van der Waals surface area contributed by atoms with Crippen molar-refractivity contribution in [1.82, 2.24) is 9.80 Å². The van der Waals surface area contributed by atoms with E-state index >= 15 is 0 Å². The molecule has 3 fully saturated rings. The van der Waals surface area contributed by atoms with E-state index in [0.717, 1.165) is 31.2 Å². The molecule has 0 radical (unpaired) electrons. The number of hydrogen-bond acceptors (Lipinski definition) is 4. The van der Waals surface area contributed by atoms with Gasteiger partial charge in [0.1, 0.15) is 18.1 Å². The van der Waals surface area contributed by atoms with Crippen molar-refractivity contribution >= 4 is 17.8 Å². The smallest absolute Gasteiger partial charge is 0.328 e. The van der Waals surface area contributed by atoms with Crippen molar-refractivity contribution < 1.29 is 19.1 Å². The van der Waals surface area contributed by atoms with Gasteiger partial charge >= 0.3 is 5.97 Å². The number of benzene rings is 1.